The highest BCUT2D eigenvalue weighted by molar-refractivity contribution is 5.94. The Hall–Kier alpha value is -3.42. The summed E-state index contributed by atoms with van der Waals surface area (Å²) in [4.78, 5) is 25.2. The molecule has 0 aliphatic carbocycles. The molecule has 1 amide bonds. The van der Waals surface area contributed by atoms with E-state index >= 15 is 0 Å². The molecule has 240 valence electrons. The van der Waals surface area contributed by atoms with Crippen LogP contribution in [0.15, 0.2) is 73.1 Å². The molecule has 7 nitrogen and oxygen atoms in total. The van der Waals surface area contributed by atoms with Gasteiger partial charge in [-0.05, 0) is 111 Å². The molecule has 1 aromatic heterocycles. The molecule has 3 aromatic rings. The van der Waals surface area contributed by atoms with Crippen LogP contribution in [-0.4, -0.2) is 84.6 Å². The summed E-state index contributed by atoms with van der Waals surface area (Å²) >= 11 is 0. The Morgan fingerprint density at radius 1 is 0.867 bits per heavy atom. The number of amides is 1. The number of pyridine rings is 1. The first kappa shape index (κ1) is 31.6. The van der Waals surface area contributed by atoms with Crippen molar-refractivity contribution in [3.63, 3.8) is 0 Å². The van der Waals surface area contributed by atoms with Crippen LogP contribution in [0.4, 0.5) is 0 Å². The number of aryl methyl sites for hydroxylation is 1. The normalized spacial score (nSPS) is 19.7. The van der Waals surface area contributed by atoms with Crippen molar-refractivity contribution < 1.29 is 14.3 Å². The quantitative estimate of drug-likeness (QED) is 0.272. The molecule has 3 aliphatic heterocycles. The Morgan fingerprint density at radius 3 is 2.58 bits per heavy atom. The Labute approximate surface area is 269 Å². The Bertz CT molecular complexity index is 1350. The summed E-state index contributed by atoms with van der Waals surface area (Å²) in [6, 6.07) is 20.5. The molecule has 6 rings (SSSR count). The van der Waals surface area contributed by atoms with Crippen molar-refractivity contribution >= 4 is 5.91 Å². The van der Waals surface area contributed by atoms with Gasteiger partial charge in [0.1, 0.15) is 18.1 Å². The van der Waals surface area contributed by atoms with Crippen LogP contribution in [-0.2, 0) is 13.0 Å². The lowest BCUT2D eigenvalue weighted by molar-refractivity contribution is 0.0360. The zero-order chi connectivity index (χ0) is 30.7. The molecular formula is C38H50N4O3. The summed E-state index contributed by atoms with van der Waals surface area (Å²) in [6.07, 6.45) is 14.1. The van der Waals surface area contributed by atoms with E-state index in [0.29, 0.717) is 13.2 Å². The number of benzene rings is 2. The van der Waals surface area contributed by atoms with Gasteiger partial charge in [0.05, 0.1) is 6.61 Å². The highest BCUT2D eigenvalue weighted by atomic mass is 16.5. The average Bonchev–Trinajstić information content (AvgIpc) is 3.60. The molecule has 0 bridgehead atoms. The van der Waals surface area contributed by atoms with Crippen molar-refractivity contribution in [3.8, 4) is 11.5 Å². The van der Waals surface area contributed by atoms with E-state index in [0.717, 1.165) is 88.4 Å². The first-order valence-electron chi connectivity index (χ1n) is 17.2. The second-order valence-electron chi connectivity index (χ2n) is 13.3. The lowest BCUT2D eigenvalue weighted by Gasteiger charge is -2.45. The number of fused-ring (bicyclic) bond motifs is 1. The van der Waals surface area contributed by atoms with Crippen LogP contribution < -0.4 is 9.47 Å². The Morgan fingerprint density at radius 2 is 1.73 bits per heavy atom. The van der Waals surface area contributed by atoms with E-state index in [9.17, 15) is 4.79 Å². The van der Waals surface area contributed by atoms with Gasteiger partial charge in [-0.15, -0.1) is 0 Å². The van der Waals surface area contributed by atoms with Crippen molar-refractivity contribution in [3.05, 3.63) is 89.7 Å². The van der Waals surface area contributed by atoms with Crippen molar-refractivity contribution in [2.45, 2.75) is 64.3 Å². The number of nitrogens with zero attached hydrogens (tertiary/aromatic N) is 4. The number of aromatic nitrogens is 1. The summed E-state index contributed by atoms with van der Waals surface area (Å²) < 4.78 is 12.4. The predicted octanol–water partition coefficient (Wildman–Crippen LogP) is 6.48. The van der Waals surface area contributed by atoms with Gasteiger partial charge in [-0.3, -0.25) is 14.7 Å². The monoisotopic (exact) mass is 610 g/mol. The van der Waals surface area contributed by atoms with Crippen LogP contribution in [0.1, 0.15) is 72.9 Å². The SMILES string of the molecule is O=C(c1cccc(OCCCN2CCCC2)c1)N1CCC2(CCCCc3ccccc3OCCN(Cc3cccnc3)C2)CC1. The van der Waals surface area contributed by atoms with Crippen molar-refractivity contribution in [1.82, 2.24) is 19.7 Å². The van der Waals surface area contributed by atoms with Crippen molar-refractivity contribution in [2.24, 2.45) is 5.41 Å². The van der Waals surface area contributed by atoms with Gasteiger partial charge in [-0.1, -0.05) is 36.8 Å². The summed E-state index contributed by atoms with van der Waals surface area (Å²) in [5.41, 5.74) is 3.45. The van der Waals surface area contributed by atoms with E-state index in [1.807, 2.05) is 42.7 Å². The fourth-order valence-corrected chi connectivity index (χ4v) is 7.45. The summed E-state index contributed by atoms with van der Waals surface area (Å²) in [7, 11) is 0. The molecule has 0 unspecified atom stereocenters. The van der Waals surface area contributed by atoms with E-state index in [2.05, 4.69) is 50.0 Å². The van der Waals surface area contributed by atoms with Crippen LogP contribution in [0.2, 0.25) is 0 Å². The van der Waals surface area contributed by atoms with E-state index in [-0.39, 0.29) is 11.3 Å². The standard InChI is InChI=1S/C38H50N4O3/c43-37(34-13-7-14-35(28-34)44-26-9-22-40-20-5-6-21-40)42-23-17-38(18-24-42)16-4-3-12-33-11-1-2-15-36(33)45-27-25-41(31-38)30-32-10-8-19-39-29-32/h1-2,7-8,10-11,13-15,19,28-29H,3-6,9,12,16-18,20-27,30-31H2. The van der Waals surface area contributed by atoms with Gasteiger partial charge in [0.25, 0.3) is 5.91 Å². The maximum atomic E-state index is 13.7. The second kappa shape index (κ2) is 15.7. The summed E-state index contributed by atoms with van der Waals surface area (Å²) in [5.74, 6) is 1.94. The van der Waals surface area contributed by atoms with E-state index < -0.39 is 0 Å². The van der Waals surface area contributed by atoms with E-state index in [4.69, 9.17) is 9.47 Å². The highest BCUT2D eigenvalue weighted by Crippen LogP contribution is 2.39. The number of carbonyl (C=O) groups is 1. The van der Waals surface area contributed by atoms with Gasteiger partial charge in [0, 0.05) is 57.2 Å². The van der Waals surface area contributed by atoms with Gasteiger partial charge >= 0.3 is 0 Å². The first-order valence-corrected chi connectivity index (χ1v) is 17.2. The Balaban J connectivity index is 1.08. The predicted molar refractivity (Wildman–Crippen MR) is 179 cm³/mol. The van der Waals surface area contributed by atoms with E-state index in [1.54, 1.807) is 0 Å². The second-order valence-corrected chi connectivity index (χ2v) is 13.3. The molecule has 3 aliphatic rings. The van der Waals surface area contributed by atoms with Gasteiger partial charge in [-0.2, -0.15) is 0 Å². The number of hydrogen-bond acceptors (Lipinski definition) is 6. The molecule has 4 heterocycles. The summed E-state index contributed by atoms with van der Waals surface area (Å²) in [6.45, 7) is 9.18. The maximum absolute atomic E-state index is 13.7. The number of piperidine rings is 1. The third-order valence-electron chi connectivity index (χ3n) is 10.0. The Kier molecular flexibility index (Phi) is 11.0. The molecule has 2 saturated heterocycles. The topological polar surface area (TPSA) is 58.1 Å². The molecule has 45 heavy (non-hydrogen) atoms. The first-order chi connectivity index (χ1) is 22.2. The van der Waals surface area contributed by atoms with Crippen LogP contribution in [0.5, 0.6) is 11.5 Å². The number of rotatable bonds is 8. The lowest BCUT2D eigenvalue weighted by Crippen LogP contribution is -2.48. The van der Waals surface area contributed by atoms with Crippen molar-refractivity contribution in [2.75, 3.05) is 59.0 Å². The molecular weight excluding hydrogens is 560 g/mol. The largest absolute Gasteiger partial charge is 0.494 e. The molecule has 0 N–H and O–H groups in total. The molecule has 0 radical (unpaired) electrons. The number of hydrogen-bond donors (Lipinski definition) is 0. The minimum absolute atomic E-state index is 0.123. The summed E-state index contributed by atoms with van der Waals surface area (Å²) in [5, 5.41) is 0. The number of carbonyl (C=O) groups excluding carboxylic acids is 1. The third kappa shape index (κ3) is 8.86. The molecule has 2 fully saturated rings. The van der Waals surface area contributed by atoms with Crippen LogP contribution in [0, 0.1) is 5.41 Å². The maximum Gasteiger partial charge on any atom is 0.253 e. The molecule has 2 aromatic carbocycles. The van der Waals surface area contributed by atoms with Gasteiger partial charge in [0.15, 0.2) is 0 Å². The van der Waals surface area contributed by atoms with Gasteiger partial charge < -0.3 is 19.3 Å². The molecule has 7 heteroatoms. The fraction of sp³-hybridized carbons (Fsp3) is 0.526. The number of para-hydroxylation sites is 1. The zero-order valence-corrected chi connectivity index (χ0v) is 26.9. The molecule has 0 saturated carbocycles. The van der Waals surface area contributed by atoms with Gasteiger partial charge in [-0.25, -0.2) is 0 Å². The minimum Gasteiger partial charge on any atom is -0.494 e. The third-order valence-corrected chi connectivity index (χ3v) is 10.0. The van der Waals surface area contributed by atoms with Crippen LogP contribution >= 0.6 is 0 Å². The molecule has 0 atom stereocenters. The van der Waals surface area contributed by atoms with E-state index in [1.165, 1.54) is 49.9 Å². The fourth-order valence-electron chi connectivity index (χ4n) is 7.45. The van der Waals surface area contributed by atoms with Crippen LogP contribution in [0.25, 0.3) is 0 Å². The van der Waals surface area contributed by atoms with Crippen LogP contribution in [0.3, 0.4) is 0 Å². The molecule has 1 spiro atoms. The number of ether oxygens (including phenoxy) is 2. The van der Waals surface area contributed by atoms with Gasteiger partial charge in [0.2, 0.25) is 0 Å². The minimum atomic E-state index is 0.123. The highest BCUT2D eigenvalue weighted by Gasteiger charge is 2.37. The smallest absolute Gasteiger partial charge is 0.253 e. The average molecular weight is 611 g/mol. The number of likely N-dealkylation sites (tertiary alicyclic amines) is 2. The van der Waals surface area contributed by atoms with Crippen molar-refractivity contribution in [1.29, 1.82) is 0 Å². The lowest BCUT2D eigenvalue weighted by atomic mass is 9.73. The zero-order valence-electron chi connectivity index (χ0n) is 26.9.